The van der Waals surface area contributed by atoms with Crippen LogP contribution in [0.5, 0.6) is 0 Å². The third kappa shape index (κ3) is 5.89. The normalized spacial score (nSPS) is 18.2. The van der Waals surface area contributed by atoms with Gasteiger partial charge in [0.25, 0.3) is 0 Å². The van der Waals surface area contributed by atoms with Gasteiger partial charge in [-0.15, -0.1) is 11.8 Å². The SMILES string of the molecule is O=C(CSCC(=O)c1ccccc1)NC[C@H]1CCCCO1. The molecule has 1 aliphatic heterocycles. The van der Waals surface area contributed by atoms with Crippen molar-refractivity contribution in [1.29, 1.82) is 0 Å². The average molecular weight is 307 g/mol. The molecule has 4 nitrogen and oxygen atoms in total. The second-order valence-corrected chi connectivity index (χ2v) is 6.06. The lowest BCUT2D eigenvalue weighted by Crippen LogP contribution is -2.36. The van der Waals surface area contributed by atoms with Gasteiger partial charge in [-0.1, -0.05) is 30.3 Å². The first-order valence-electron chi connectivity index (χ1n) is 7.30. The van der Waals surface area contributed by atoms with E-state index in [0.29, 0.717) is 23.6 Å². The number of hydrogen-bond acceptors (Lipinski definition) is 4. The van der Waals surface area contributed by atoms with E-state index < -0.39 is 0 Å². The lowest BCUT2D eigenvalue weighted by molar-refractivity contribution is -0.119. The highest BCUT2D eigenvalue weighted by molar-refractivity contribution is 8.00. The molecule has 0 radical (unpaired) electrons. The summed E-state index contributed by atoms with van der Waals surface area (Å²) in [6.07, 6.45) is 3.45. The predicted octanol–water partition coefficient (Wildman–Crippen LogP) is 2.29. The topological polar surface area (TPSA) is 55.4 Å². The Kier molecular flexibility index (Phi) is 6.76. The van der Waals surface area contributed by atoms with Crippen LogP contribution >= 0.6 is 11.8 Å². The second-order valence-electron chi connectivity index (χ2n) is 5.07. The molecule has 1 saturated heterocycles. The van der Waals surface area contributed by atoms with Crippen LogP contribution in [-0.2, 0) is 9.53 Å². The fourth-order valence-corrected chi connectivity index (χ4v) is 2.93. The largest absolute Gasteiger partial charge is 0.376 e. The molecule has 1 amide bonds. The van der Waals surface area contributed by atoms with Crippen molar-refractivity contribution < 1.29 is 14.3 Å². The number of Topliss-reactive ketones (excluding diaryl/α,β-unsaturated/α-hetero) is 1. The minimum atomic E-state index is -0.0324. The molecule has 1 atom stereocenters. The zero-order chi connectivity index (χ0) is 14.9. The van der Waals surface area contributed by atoms with Crippen molar-refractivity contribution in [2.24, 2.45) is 0 Å². The Bertz CT molecular complexity index is 458. The van der Waals surface area contributed by atoms with Gasteiger partial charge in [0.05, 0.1) is 17.6 Å². The zero-order valence-corrected chi connectivity index (χ0v) is 12.9. The predicted molar refractivity (Wildman–Crippen MR) is 84.7 cm³/mol. The van der Waals surface area contributed by atoms with E-state index in [1.54, 1.807) is 12.1 Å². The van der Waals surface area contributed by atoms with Crippen LogP contribution in [0, 0.1) is 0 Å². The number of carbonyl (C=O) groups excluding carboxylic acids is 2. The fraction of sp³-hybridized carbons (Fsp3) is 0.500. The van der Waals surface area contributed by atoms with Crippen molar-refractivity contribution in [2.75, 3.05) is 24.7 Å². The van der Waals surface area contributed by atoms with Crippen LogP contribution in [0.1, 0.15) is 29.6 Å². The van der Waals surface area contributed by atoms with Gasteiger partial charge in [-0.3, -0.25) is 9.59 Å². The van der Waals surface area contributed by atoms with Gasteiger partial charge in [0, 0.05) is 18.7 Å². The van der Waals surface area contributed by atoms with Crippen LogP contribution in [0.3, 0.4) is 0 Å². The van der Waals surface area contributed by atoms with Crippen molar-refractivity contribution >= 4 is 23.5 Å². The molecular weight excluding hydrogens is 286 g/mol. The molecule has 1 aromatic carbocycles. The quantitative estimate of drug-likeness (QED) is 0.785. The summed E-state index contributed by atoms with van der Waals surface area (Å²) >= 11 is 1.35. The summed E-state index contributed by atoms with van der Waals surface area (Å²) in [5, 5.41) is 2.87. The monoisotopic (exact) mass is 307 g/mol. The minimum absolute atomic E-state index is 0.0324. The first kappa shape index (κ1) is 16.0. The van der Waals surface area contributed by atoms with Crippen LogP contribution < -0.4 is 5.32 Å². The molecule has 5 heteroatoms. The number of hydrogen-bond donors (Lipinski definition) is 1. The van der Waals surface area contributed by atoms with Gasteiger partial charge in [-0.25, -0.2) is 0 Å². The molecule has 1 N–H and O–H groups in total. The molecule has 1 heterocycles. The highest BCUT2D eigenvalue weighted by Gasteiger charge is 2.14. The van der Waals surface area contributed by atoms with E-state index in [9.17, 15) is 9.59 Å². The molecule has 0 spiro atoms. The Morgan fingerprint density at radius 2 is 2.00 bits per heavy atom. The number of nitrogens with one attached hydrogen (secondary N) is 1. The third-order valence-electron chi connectivity index (χ3n) is 3.36. The van der Waals surface area contributed by atoms with Gasteiger partial charge in [-0.05, 0) is 19.3 Å². The van der Waals surface area contributed by atoms with E-state index in [4.69, 9.17) is 4.74 Å². The van der Waals surface area contributed by atoms with Gasteiger partial charge >= 0.3 is 0 Å². The molecular formula is C16H21NO3S. The highest BCUT2D eigenvalue weighted by atomic mass is 32.2. The third-order valence-corrected chi connectivity index (χ3v) is 4.30. The van der Waals surface area contributed by atoms with E-state index in [-0.39, 0.29) is 17.8 Å². The summed E-state index contributed by atoms with van der Waals surface area (Å²) in [5.74, 6) is 0.668. The summed E-state index contributed by atoms with van der Waals surface area (Å²) in [6, 6.07) is 9.15. The zero-order valence-electron chi connectivity index (χ0n) is 12.0. The van der Waals surface area contributed by atoms with Crippen LogP contribution in [0.25, 0.3) is 0 Å². The summed E-state index contributed by atoms with van der Waals surface area (Å²) in [5.41, 5.74) is 0.695. The Morgan fingerprint density at radius 1 is 1.19 bits per heavy atom. The maximum atomic E-state index is 11.9. The first-order chi connectivity index (χ1) is 10.3. The minimum Gasteiger partial charge on any atom is -0.376 e. The van der Waals surface area contributed by atoms with Crippen LogP contribution in [0.2, 0.25) is 0 Å². The summed E-state index contributed by atoms with van der Waals surface area (Å²) in [4.78, 5) is 23.6. The Labute approximate surface area is 129 Å². The summed E-state index contributed by atoms with van der Waals surface area (Å²) < 4.78 is 5.55. The number of thioether (sulfide) groups is 1. The van der Waals surface area contributed by atoms with E-state index in [1.807, 2.05) is 18.2 Å². The smallest absolute Gasteiger partial charge is 0.230 e. The lowest BCUT2D eigenvalue weighted by Gasteiger charge is -2.22. The van der Waals surface area contributed by atoms with Crippen LogP contribution in [-0.4, -0.2) is 42.5 Å². The summed E-state index contributed by atoms with van der Waals surface area (Å²) in [6.45, 7) is 1.37. The van der Waals surface area contributed by atoms with Crippen molar-refractivity contribution in [3.63, 3.8) is 0 Å². The number of benzene rings is 1. The van der Waals surface area contributed by atoms with E-state index in [1.165, 1.54) is 18.2 Å². The Balaban J connectivity index is 1.59. The lowest BCUT2D eigenvalue weighted by atomic mass is 10.1. The molecule has 0 unspecified atom stereocenters. The van der Waals surface area contributed by atoms with Crippen molar-refractivity contribution in [3.05, 3.63) is 35.9 Å². The fourth-order valence-electron chi connectivity index (χ4n) is 2.19. The maximum Gasteiger partial charge on any atom is 0.230 e. The van der Waals surface area contributed by atoms with Crippen LogP contribution in [0.4, 0.5) is 0 Å². The average Bonchev–Trinajstić information content (AvgIpc) is 2.54. The number of ketones is 1. The number of ether oxygens (including phenoxy) is 1. The van der Waals surface area contributed by atoms with Crippen molar-refractivity contribution in [3.8, 4) is 0 Å². The van der Waals surface area contributed by atoms with E-state index in [0.717, 1.165) is 19.4 Å². The number of carbonyl (C=O) groups is 2. The molecule has 1 fully saturated rings. The molecule has 0 aliphatic carbocycles. The molecule has 1 aliphatic rings. The molecule has 1 aromatic rings. The van der Waals surface area contributed by atoms with Crippen LogP contribution in [0.15, 0.2) is 30.3 Å². The molecule has 0 saturated carbocycles. The van der Waals surface area contributed by atoms with Gasteiger partial charge in [0.1, 0.15) is 0 Å². The molecule has 21 heavy (non-hydrogen) atoms. The number of amides is 1. The molecule has 114 valence electrons. The number of rotatable bonds is 7. The molecule has 0 bridgehead atoms. The summed E-state index contributed by atoms with van der Waals surface area (Å²) in [7, 11) is 0. The van der Waals surface area contributed by atoms with E-state index in [2.05, 4.69) is 5.32 Å². The standard InChI is InChI=1S/C16H21NO3S/c18-15(13-6-2-1-3-7-13)11-21-12-16(19)17-10-14-8-4-5-9-20-14/h1-3,6-7,14H,4-5,8-12H2,(H,17,19)/t14-/m1/s1. The first-order valence-corrected chi connectivity index (χ1v) is 8.45. The van der Waals surface area contributed by atoms with Gasteiger partial charge in [0.2, 0.25) is 5.91 Å². The van der Waals surface area contributed by atoms with Gasteiger partial charge in [-0.2, -0.15) is 0 Å². The van der Waals surface area contributed by atoms with E-state index >= 15 is 0 Å². The van der Waals surface area contributed by atoms with Gasteiger partial charge in [0.15, 0.2) is 5.78 Å². The molecule has 2 rings (SSSR count). The van der Waals surface area contributed by atoms with Gasteiger partial charge < -0.3 is 10.1 Å². The molecule has 0 aromatic heterocycles. The Hall–Kier alpha value is -1.33. The maximum absolute atomic E-state index is 11.9. The van der Waals surface area contributed by atoms with Crippen molar-refractivity contribution in [1.82, 2.24) is 5.32 Å². The highest BCUT2D eigenvalue weighted by Crippen LogP contribution is 2.12. The van der Waals surface area contributed by atoms with Crippen molar-refractivity contribution in [2.45, 2.75) is 25.4 Å². The Morgan fingerprint density at radius 3 is 2.71 bits per heavy atom. The second kappa shape index (κ2) is 8.85.